The van der Waals surface area contributed by atoms with Crippen molar-refractivity contribution in [3.63, 3.8) is 0 Å². The molecule has 1 aliphatic rings. The molecule has 1 saturated heterocycles. The molecule has 0 atom stereocenters. The van der Waals surface area contributed by atoms with Crippen molar-refractivity contribution in [1.82, 2.24) is 10.2 Å². The van der Waals surface area contributed by atoms with Gasteiger partial charge in [-0.15, -0.1) is 11.6 Å². The van der Waals surface area contributed by atoms with Gasteiger partial charge < -0.3 is 15.0 Å². The summed E-state index contributed by atoms with van der Waals surface area (Å²) in [5, 5.41) is 3.05. The number of hydrogen-bond acceptors (Lipinski definition) is 3. The topological polar surface area (TPSA) is 58.6 Å². The van der Waals surface area contributed by atoms with Crippen LogP contribution in [0.5, 0.6) is 5.75 Å². The fraction of sp³-hybridized carbons (Fsp3) is 0.556. The fourth-order valence-electron chi connectivity index (χ4n) is 2.66. The second-order valence-electron chi connectivity index (χ2n) is 6.76. The molecular formula is C18H25ClN2O3. The summed E-state index contributed by atoms with van der Waals surface area (Å²) in [6.45, 7) is 4.89. The second kappa shape index (κ2) is 7.88. The van der Waals surface area contributed by atoms with Gasteiger partial charge in [0, 0.05) is 25.0 Å². The van der Waals surface area contributed by atoms with Crippen LogP contribution in [0.1, 0.15) is 37.0 Å². The normalized spacial score (nSPS) is 15.9. The molecule has 1 fully saturated rings. The van der Waals surface area contributed by atoms with E-state index in [-0.39, 0.29) is 23.7 Å². The maximum atomic E-state index is 12.7. The van der Waals surface area contributed by atoms with Crippen LogP contribution in [0.2, 0.25) is 0 Å². The Morgan fingerprint density at radius 3 is 2.50 bits per heavy atom. The molecule has 24 heavy (non-hydrogen) atoms. The SMILES string of the molecule is COc1ccccc1C(=O)N1CCC(NC(=O)C(C)(C)CCl)CC1. The van der Waals surface area contributed by atoms with Crippen molar-refractivity contribution in [3.8, 4) is 5.75 Å². The van der Waals surface area contributed by atoms with E-state index in [1.54, 1.807) is 19.2 Å². The highest BCUT2D eigenvalue weighted by atomic mass is 35.5. The Labute approximate surface area is 148 Å². The number of para-hydroxylation sites is 1. The number of alkyl halides is 1. The van der Waals surface area contributed by atoms with Gasteiger partial charge in [0.2, 0.25) is 5.91 Å². The lowest BCUT2D eigenvalue weighted by Gasteiger charge is -2.34. The van der Waals surface area contributed by atoms with E-state index < -0.39 is 5.41 Å². The van der Waals surface area contributed by atoms with Crippen LogP contribution in [0.3, 0.4) is 0 Å². The molecule has 1 aliphatic heterocycles. The first-order valence-corrected chi connectivity index (χ1v) is 8.71. The van der Waals surface area contributed by atoms with Crippen molar-refractivity contribution < 1.29 is 14.3 Å². The van der Waals surface area contributed by atoms with Gasteiger partial charge in [-0.25, -0.2) is 0 Å². The number of likely N-dealkylation sites (tertiary alicyclic amines) is 1. The fourth-order valence-corrected chi connectivity index (χ4v) is 2.78. The molecular weight excluding hydrogens is 328 g/mol. The summed E-state index contributed by atoms with van der Waals surface area (Å²) in [4.78, 5) is 26.7. The van der Waals surface area contributed by atoms with Crippen molar-refractivity contribution in [2.45, 2.75) is 32.7 Å². The number of carbonyl (C=O) groups is 2. The van der Waals surface area contributed by atoms with E-state index in [0.717, 1.165) is 12.8 Å². The zero-order valence-electron chi connectivity index (χ0n) is 14.5. The molecule has 0 aliphatic carbocycles. The van der Waals surface area contributed by atoms with Gasteiger partial charge in [-0.3, -0.25) is 9.59 Å². The quantitative estimate of drug-likeness (QED) is 0.829. The van der Waals surface area contributed by atoms with Crippen molar-refractivity contribution >= 4 is 23.4 Å². The van der Waals surface area contributed by atoms with Gasteiger partial charge in [-0.2, -0.15) is 0 Å². The second-order valence-corrected chi connectivity index (χ2v) is 7.02. The lowest BCUT2D eigenvalue weighted by atomic mass is 9.93. The summed E-state index contributed by atoms with van der Waals surface area (Å²) in [5.41, 5.74) is -0.00269. The summed E-state index contributed by atoms with van der Waals surface area (Å²) in [6, 6.07) is 7.32. The van der Waals surface area contributed by atoms with Crippen molar-refractivity contribution in [2.24, 2.45) is 5.41 Å². The van der Waals surface area contributed by atoms with Crippen LogP contribution in [0.4, 0.5) is 0 Å². The molecule has 1 aromatic rings. The first kappa shape index (κ1) is 18.6. The first-order valence-electron chi connectivity index (χ1n) is 8.18. The number of halogens is 1. The van der Waals surface area contributed by atoms with Gasteiger partial charge in [0.15, 0.2) is 0 Å². The van der Waals surface area contributed by atoms with Crippen molar-refractivity contribution in [3.05, 3.63) is 29.8 Å². The predicted octanol–water partition coefficient (Wildman–Crippen LogP) is 2.68. The van der Waals surface area contributed by atoms with Crippen LogP contribution < -0.4 is 10.1 Å². The molecule has 0 radical (unpaired) electrons. The third kappa shape index (κ3) is 4.20. The minimum atomic E-state index is -0.577. The molecule has 0 saturated carbocycles. The highest BCUT2D eigenvalue weighted by Gasteiger charge is 2.31. The van der Waals surface area contributed by atoms with E-state index in [4.69, 9.17) is 16.3 Å². The first-order chi connectivity index (χ1) is 11.4. The number of benzene rings is 1. The van der Waals surface area contributed by atoms with Gasteiger partial charge in [0.25, 0.3) is 5.91 Å². The van der Waals surface area contributed by atoms with Gasteiger partial charge >= 0.3 is 0 Å². The molecule has 0 aromatic heterocycles. The predicted molar refractivity (Wildman–Crippen MR) is 94.6 cm³/mol. The zero-order chi connectivity index (χ0) is 17.7. The van der Waals surface area contributed by atoms with Gasteiger partial charge in [0.1, 0.15) is 5.75 Å². The highest BCUT2D eigenvalue weighted by Crippen LogP contribution is 2.23. The lowest BCUT2D eigenvalue weighted by molar-refractivity contribution is -0.129. The number of nitrogens with one attached hydrogen (secondary N) is 1. The van der Waals surface area contributed by atoms with Gasteiger partial charge in [0.05, 0.1) is 18.1 Å². The maximum absolute atomic E-state index is 12.7. The van der Waals surface area contributed by atoms with Crippen LogP contribution in [0.15, 0.2) is 24.3 Å². The Morgan fingerprint density at radius 1 is 1.29 bits per heavy atom. The van der Waals surface area contributed by atoms with E-state index in [9.17, 15) is 9.59 Å². The molecule has 1 N–H and O–H groups in total. The molecule has 132 valence electrons. The van der Waals surface area contributed by atoms with Gasteiger partial charge in [-0.1, -0.05) is 12.1 Å². The van der Waals surface area contributed by atoms with Gasteiger partial charge in [-0.05, 0) is 38.8 Å². The smallest absolute Gasteiger partial charge is 0.257 e. The number of rotatable bonds is 5. The Hall–Kier alpha value is -1.75. The number of carbonyl (C=O) groups excluding carboxylic acids is 2. The Bertz CT molecular complexity index is 596. The highest BCUT2D eigenvalue weighted by molar-refractivity contribution is 6.19. The van der Waals surface area contributed by atoms with E-state index >= 15 is 0 Å². The molecule has 1 heterocycles. The third-order valence-electron chi connectivity index (χ3n) is 4.40. The molecule has 5 nitrogen and oxygen atoms in total. The summed E-state index contributed by atoms with van der Waals surface area (Å²) in [6.07, 6.45) is 1.48. The number of ether oxygens (including phenoxy) is 1. The van der Waals surface area contributed by atoms with Crippen LogP contribution >= 0.6 is 11.6 Å². The van der Waals surface area contributed by atoms with E-state index in [1.807, 2.05) is 30.9 Å². The number of methoxy groups -OCH3 is 1. The summed E-state index contributed by atoms with van der Waals surface area (Å²) < 4.78 is 5.26. The number of amides is 2. The Morgan fingerprint density at radius 2 is 1.92 bits per heavy atom. The van der Waals surface area contributed by atoms with Crippen molar-refractivity contribution in [2.75, 3.05) is 26.1 Å². The standard InChI is InChI=1S/C18H25ClN2O3/c1-18(2,12-19)17(23)20-13-8-10-21(11-9-13)16(22)14-6-4-5-7-15(14)24-3/h4-7,13H,8-12H2,1-3H3,(H,20,23). The van der Waals surface area contributed by atoms with E-state index in [2.05, 4.69) is 5.32 Å². The minimum Gasteiger partial charge on any atom is -0.496 e. The summed E-state index contributed by atoms with van der Waals surface area (Å²) in [5.74, 6) is 0.802. The van der Waals surface area contributed by atoms with Crippen molar-refractivity contribution in [1.29, 1.82) is 0 Å². The number of piperidine rings is 1. The largest absolute Gasteiger partial charge is 0.496 e. The lowest BCUT2D eigenvalue weighted by Crippen LogP contribution is -2.49. The van der Waals surface area contributed by atoms with E-state index in [0.29, 0.717) is 24.4 Å². The summed E-state index contributed by atoms with van der Waals surface area (Å²) in [7, 11) is 1.56. The average molecular weight is 353 g/mol. The molecule has 0 unspecified atom stereocenters. The molecule has 1 aromatic carbocycles. The number of nitrogens with zero attached hydrogens (tertiary/aromatic N) is 1. The maximum Gasteiger partial charge on any atom is 0.257 e. The van der Waals surface area contributed by atoms with E-state index in [1.165, 1.54) is 0 Å². The average Bonchev–Trinajstić information content (AvgIpc) is 2.61. The van der Waals surface area contributed by atoms with Crippen LogP contribution in [-0.2, 0) is 4.79 Å². The number of hydrogen-bond donors (Lipinski definition) is 1. The zero-order valence-corrected chi connectivity index (χ0v) is 15.2. The Kier molecular flexibility index (Phi) is 6.10. The molecule has 2 rings (SSSR count). The molecule has 0 bridgehead atoms. The van der Waals surface area contributed by atoms with Crippen LogP contribution in [0, 0.1) is 5.41 Å². The third-order valence-corrected chi connectivity index (χ3v) is 5.07. The minimum absolute atomic E-state index is 0.0293. The molecule has 2 amide bonds. The Balaban J connectivity index is 1.93. The molecule has 0 spiro atoms. The monoisotopic (exact) mass is 352 g/mol. The molecule has 6 heteroatoms. The van der Waals surface area contributed by atoms with Crippen LogP contribution in [-0.4, -0.2) is 48.8 Å². The summed E-state index contributed by atoms with van der Waals surface area (Å²) >= 11 is 5.84. The van der Waals surface area contributed by atoms with Crippen LogP contribution in [0.25, 0.3) is 0 Å².